The number of sulfonamides is 1. The number of carbonyl (C=O) groups excluding carboxylic acids is 1. The molecule has 3 N–H and O–H groups in total. The normalized spacial score (nSPS) is 14.5. The Morgan fingerprint density at radius 1 is 1.38 bits per heavy atom. The van der Waals surface area contributed by atoms with Crippen molar-refractivity contribution < 1.29 is 17.6 Å². The first kappa shape index (κ1) is 17.6. The summed E-state index contributed by atoms with van der Waals surface area (Å²) in [7, 11) is -3.97. The van der Waals surface area contributed by atoms with Gasteiger partial charge in [-0.2, -0.15) is 0 Å². The van der Waals surface area contributed by atoms with Crippen molar-refractivity contribution in [3.05, 3.63) is 29.6 Å². The number of carbonyl (C=O) groups is 1. The third-order valence-corrected chi connectivity index (χ3v) is 4.25. The molecule has 0 aliphatic rings. The number of benzene rings is 1. The zero-order valence-corrected chi connectivity index (χ0v) is 13.2. The second-order valence-electron chi connectivity index (χ2n) is 5.31. The van der Waals surface area contributed by atoms with E-state index >= 15 is 0 Å². The van der Waals surface area contributed by atoms with Gasteiger partial charge in [-0.15, -0.1) is 0 Å². The average molecular weight is 316 g/mol. The van der Waals surface area contributed by atoms with Gasteiger partial charge in [0.05, 0.1) is 10.5 Å². The van der Waals surface area contributed by atoms with Crippen LogP contribution in [-0.4, -0.2) is 20.4 Å². The van der Waals surface area contributed by atoms with Crippen molar-refractivity contribution in [2.45, 2.75) is 44.6 Å². The Kier molecular flexibility index (Phi) is 5.86. The van der Waals surface area contributed by atoms with Crippen molar-refractivity contribution >= 4 is 15.9 Å². The standard InChI is InChI=1S/C14H21FN2O3S/c1-4-9(2)7-10(3)17-14(18)12-8-11(21(16,19)20)5-6-13(12)15/h5-6,8-10H,4,7H2,1-3H3,(H,17,18)(H2,16,19,20). The lowest BCUT2D eigenvalue weighted by Gasteiger charge is -2.17. The van der Waals surface area contributed by atoms with Crippen molar-refractivity contribution in [1.29, 1.82) is 0 Å². The number of rotatable bonds is 6. The molecule has 1 rings (SSSR count). The predicted molar refractivity (Wildman–Crippen MR) is 78.8 cm³/mol. The fraction of sp³-hybridized carbons (Fsp3) is 0.500. The Morgan fingerprint density at radius 3 is 2.52 bits per heavy atom. The minimum absolute atomic E-state index is 0.134. The van der Waals surface area contributed by atoms with Crippen LogP contribution in [0.2, 0.25) is 0 Å². The molecule has 1 aromatic rings. The molecule has 0 aliphatic heterocycles. The van der Waals surface area contributed by atoms with Crippen LogP contribution in [0.1, 0.15) is 44.0 Å². The maximum absolute atomic E-state index is 13.7. The second kappa shape index (κ2) is 7.00. The zero-order valence-electron chi connectivity index (χ0n) is 12.4. The molecule has 0 aromatic heterocycles. The van der Waals surface area contributed by atoms with E-state index in [0.29, 0.717) is 5.92 Å². The molecular formula is C14H21FN2O3S. The summed E-state index contributed by atoms with van der Waals surface area (Å²) < 4.78 is 36.2. The van der Waals surface area contributed by atoms with Crippen LogP contribution < -0.4 is 10.5 Å². The quantitative estimate of drug-likeness (QED) is 0.841. The first-order valence-electron chi connectivity index (χ1n) is 6.78. The Bertz CT molecular complexity index is 617. The van der Waals surface area contributed by atoms with Crippen molar-refractivity contribution in [2.24, 2.45) is 11.1 Å². The maximum Gasteiger partial charge on any atom is 0.254 e. The fourth-order valence-electron chi connectivity index (χ4n) is 1.99. The third kappa shape index (κ3) is 5.09. The zero-order chi connectivity index (χ0) is 16.2. The van der Waals surface area contributed by atoms with Gasteiger partial charge in [-0.25, -0.2) is 17.9 Å². The van der Waals surface area contributed by atoms with Crippen LogP contribution in [-0.2, 0) is 10.0 Å². The molecule has 118 valence electrons. The Labute approximate surface area is 124 Å². The van der Waals surface area contributed by atoms with E-state index in [2.05, 4.69) is 19.2 Å². The first-order chi connectivity index (χ1) is 9.65. The number of nitrogens with one attached hydrogen (secondary N) is 1. The van der Waals surface area contributed by atoms with Gasteiger partial charge in [-0.3, -0.25) is 4.79 Å². The van der Waals surface area contributed by atoms with E-state index < -0.39 is 21.7 Å². The van der Waals surface area contributed by atoms with Gasteiger partial charge in [0.2, 0.25) is 10.0 Å². The lowest BCUT2D eigenvalue weighted by atomic mass is 10.00. The number of amides is 1. The van der Waals surface area contributed by atoms with E-state index in [1.54, 1.807) is 0 Å². The van der Waals surface area contributed by atoms with E-state index in [0.717, 1.165) is 31.0 Å². The van der Waals surface area contributed by atoms with Gasteiger partial charge in [-0.05, 0) is 37.5 Å². The Hall–Kier alpha value is -1.47. The number of primary sulfonamides is 1. The van der Waals surface area contributed by atoms with Gasteiger partial charge >= 0.3 is 0 Å². The van der Waals surface area contributed by atoms with Crippen molar-refractivity contribution in [2.75, 3.05) is 0 Å². The molecule has 7 heteroatoms. The van der Waals surface area contributed by atoms with Crippen LogP contribution in [0.5, 0.6) is 0 Å². The van der Waals surface area contributed by atoms with E-state index in [4.69, 9.17) is 5.14 Å². The number of hydrogen-bond donors (Lipinski definition) is 2. The van der Waals surface area contributed by atoms with Crippen molar-refractivity contribution in [1.82, 2.24) is 5.32 Å². The van der Waals surface area contributed by atoms with E-state index in [-0.39, 0.29) is 16.5 Å². The number of hydrogen-bond acceptors (Lipinski definition) is 3. The molecule has 21 heavy (non-hydrogen) atoms. The summed E-state index contributed by atoms with van der Waals surface area (Å²) in [5.41, 5.74) is -0.322. The molecule has 0 aliphatic carbocycles. The molecule has 0 radical (unpaired) electrons. The van der Waals surface area contributed by atoms with Gasteiger partial charge in [0.25, 0.3) is 5.91 Å². The number of halogens is 1. The van der Waals surface area contributed by atoms with Gasteiger partial charge in [-0.1, -0.05) is 20.3 Å². The van der Waals surface area contributed by atoms with Crippen LogP contribution in [0.3, 0.4) is 0 Å². The van der Waals surface area contributed by atoms with Crippen LogP contribution in [0.25, 0.3) is 0 Å². The average Bonchev–Trinajstić information content (AvgIpc) is 2.37. The van der Waals surface area contributed by atoms with E-state index in [9.17, 15) is 17.6 Å². The molecule has 1 amide bonds. The largest absolute Gasteiger partial charge is 0.349 e. The highest BCUT2D eigenvalue weighted by molar-refractivity contribution is 7.89. The highest BCUT2D eigenvalue weighted by Crippen LogP contribution is 2.15. The summed E-state index contributed by atoms with van der Waals surface area (Å²) in [6, 6.07) is 2.78. The van der Waals surface area contributed by atoms with E-state index in [1.165, 1.54) is 0 Å². The molecule has 0 fully saturated rings. The smallest absolute Gasteiger partial charge is 0.254 e. The van der Waals surface area contributed by atoms with Crippen molar-refractivity contribution in [3.63, 3.8) is 0 Å². The lowest BCUT2D eigenvalue weighted by Crippen LogP contribution is -2.34. The summed E-state index contributed by atoms with van der Waals surface area (Å²) in [6.45, 7) is 5.94. The lowest BCUT2D eigenvalue weighted by molar-refractivity contribution is 0.0931. The minimum atomic E-state index is -3.97. The highest BCUT2D eigenvalue weighted by atomic mass is 32.2. The molecule has 0 bridgehead atoms. The second-order valence-corrected chi connectivity index (χ2v) is 6.87. The highest BCUT2D eigenvalue weighted by Gasteiger charge is 2.18. The molecule has 0 saturated heterocycles. The topological polar surface area (TPSA) is 89.3 Å². The van der Waals surface area contributed by atoms with E-state index in [1.807, 2.05) is 6.92 Å². The molecule has 2 atom stereocenters. The Balaban J connectivity index is 2.92. The van der Waals surface area contributed by atoms with Crippen LogP contribution in [0.15, 0.2) is 23.1 Å². The summed E-state index contributed by atoms with van der Waals surface area (Å²) in [4.78, 5) is 11.7. The third-order valence-electron chi connectivity index (χ3n) is 3.34. The van der Waals surface area contributed by atoms with Crippen LogP contribution in [0, 0.1) is 11.7 Å². The summed E-state index contributed by atoms with van der Waals surface area (Å²) >= 11 is 0. The van der Waals surface area contributed by atoms with Gasteiger partial charge in [0.1, 0.15) is 5.82 Å². The Morgan fingerprint density at radius 2 is 2.00 bits per heavy atom. The summed E-state index contributed by atoms with van der Waals surface area (Å²) in [5.74, 6) is -0.995. The molecule has 1 aromatic carbocycles. The SMILES string of the molecule is CCC(C)CC(C)NC(=O)c1cc(S(N)(=O)=O)ccc1F. The molecular weight excluding hydrogens is 295 g/mol. The fourth-order valence-corrected chi connectivity index (χ4v) is 2.53. The summed E-state index contributed by atoms with van der Waals surface area (Å²) in [5, 5.41) is 7.65. The van der Waals surface area contributed by atoms with Gasteiger partial charge in [0.15, 0.2) is 0 Å². The molecule has 5 nitrogen and oxygen atoms in total. The molecule has 0 saturated carbocycles. The van der Waals surface area contributed by atoms with Crippen LogP contribution in [0.4, 0.5) is 4.39 Å². The van der Waals surface area contributed by atoms with Gasteiger partial charge < -0.3 is 5.32 Å². The molecule has 0 spiro atoms. The predicted octanol–water partition coefficient (Wildman–Crippen LogP) is 2.03. The molecule has 0 heterocycles. The first-order valence-corrected chi connectivity index (χ1v) is 8.33. The van der Waals surface area contributed by atoms with Gasteiger partial charge in [0, 0.05) is 6.04 Å². The molecule has 2 unspecified atom stereocenters. The summed E-state index contributed by atoms with van der Waals surface area (Å²) in [6.07, 6.45) is 1.74. The minimum Gasteiger partial charge on any atom is -0.349 e. The maximum atomic E-state index is 13.7. The van der Waals surface area contributed by atoms with Crippen LogP contribution >= 0.6 is 0 Å². The number of nitrogens with two attached hydrogens (primary N) is 1. The van der Waals surface area contributed by atoms with Crippen molar-refractivity contribution in [3.8, 4) is 0 Å². The monoisotopic (exact) mass is 316 g/mol.